The quantitative estimate of drug-likeness (QED) is 0.900. The number of para-hydroxylation sites is 2. The molecule has 0 spiro atoms. The summed E-state index contributed by atoms with van der Waals surface area (Å²) in [7, 11) is 1.81. The summed E-state index contributed by atoms with van der Waals surface area (Å²) in [6.45, 7) is 7.29. The average Bonchev–Trinajstić information content (AvgIpc) is 2.62. The lowest BCUT2D eigenvalue weighted by Crippen LogP contribution is -2.34. The molecule has 2 aromatic rings. The predicted octanol–water partition coefficient (Wildman–Crippen LogP) is 2.15. The van der Waals surface area contributed by atoms with Gasteiger partial charge in [0.15, 0.2) is 0 Å². The zero-order chi connectivity index (χ0) is 14.0. The Hall–Kier alpha value is -1.55. The highest BCUT2D eigenvalue weighted by atomic mass is 16.3. The number of nitrogens with zero attached hydrogens (tertiary/aromatic N) is 3. The van der Waals surface area contributed by atoms with Crippen molar-refractivity contribution in [1.29, 1.82) is 0 Å². The lowest BCUT2D eigenvalue weighted by Gasteiger charge is -2.18. The van der Waals surface area contributed by atoms with Crippen molar-refractivity contribution in [2.75, 3.05) is 7.05 Å². The molecule has 104 valence electrons. The lowest BCUT2D eigenvalue weighted by molar-refractivity contribution is 0.0612. The van der Waals surface area contributed by atoms with E-state index in [9.17, 15) is 5.11 Å². The van der Waals surface area contributed by atoms with Crippen molar-refractivity contribution in [3.63, 3.8) is 0 Å². The Morgan fingerprint density at radius 1 is 1.16 bits per heavy atom. The third-order valence-corrected chi connectivity index (χ3v) is 3.14. The molecule has 1 aromatic carbocycles. The third-order valence-electron chi connectivity index (χ3n) is 3.14. The summed E-state index contributed by atoms with van der Waals surface area (Å²) < 4.78 is 4.33. The fourth-order valence-corrected chi connectivity index (χ4v) is 2.51. The van der Waals surface area contributed by atoms with Crippen molar-refractivity contribution in [3.05, 3.63) is 29.9 Å². The van der Waals surface area contributed by atoms with E-state index < -0.39 is 5.60 Å². The molecule has 0 aliphatic heterocycles. The van der Waals surface area contributed by atoms with Crippen LogP contribution >= 0.6 is 0 Å². The normalized spacial score (nSPS) is 13.4. The van der Waals surface area contributed by atoms with E-state index in [-0.39, 0.29) is 0 Å². The van der Waals surface area contributed by atoms with Crippen LogP contribution in [0.25, 0.3) is 11.0 Å². The Morgan fingerprint density at radius 2 is 1.74 bits per heavy atom. The van der Waals surface area contributed by atoms with Gasteiger partial charge in [0.05, 0.1) is 23.2 Å². The molecule has 19 heavy (non-hydrogen) atoms. The monoisotopic (exact) mass is 261 g/mol. The van der Waals surface area contributed by atoms with Gasteiger partial charge in [0, 0.05) is 13.6 Å². The topological polar surface area (TPSA) is 42.5 Å². The van der Waals surface area contributed by atoms with Crippen LogP contribution in [0.15, 0.2) is 29.3 Å². The molecular formula is C15H23N3O. The van der Waals surface area contributed by atoms with E-state index >= 15 is 0 Å². The van der Waals surface area contributed by atoms with E-state index in [0.29, 0.717) is 6.54 Å². The van der Waals surface area contributed by atoms with Gasteiger partial charge in [-0.2, -0.15) is 0 Å². The second-order valence-corrected chi connectivity index (χ2v) is 5.56. The molecule has 0 saturated heterocycles. The Bertz CT molecular complexity index is 629. The molecule has 0 atom stereocenters. The van der Waals surface area contributed by atoms with Crippen molar-refractivity contribution in [1.82, 2.24) is 9.13 Å². The molecule has 0 unspecified atom stereocenters. The number of imidazole rings is 1. The number of hydrogen-bond donors (Lipinski definition) is 1. The fourth-order valence-electron chi connectivity index (χ4n) is 2.51. The van der Waals surface area contributed by atoms with Crippen LogP contribution in [-0.2, 0) is 13.1 Å². The highest BCUT2D eigenvalue weighted by Gasteiger charge is 2.18. The summed E-state index contributed by atoms with van der Waals surface area (Å²) in [5.74, 6) is 0. The van der Waals surface area contributed by atoms with Gasteiger partial charge < -0.3 is 14.2 Å². The van der Waals surface area contributed by atoms with E-state index in [4.69, 9.17) is 0 Å². The summed E-state index contributed by atoms with van der Waals surface area (Å²) in [6, 6.07) is 8.27. The van der Waals surface area contributed by atoms with Crippen LogP contribution < -0.4 is 5.62 Å². The van der Waals surface area contributed by atoms with Crippen molar-refractivity contribution in [2.45, 2.75) is 45.9 Å². The summed E-state index contributed by atoms with van der Waals surface area (Å²) in [5.41, 5.74) is 2.46. The summed E-state index contributed by atoms with van der Waals surface area (Å²) >= 11 is 0. The molecule has 0 aliphatic carbocycles. The van der Waals surface area contributed by atoms with Crippen LogP contribution in [0.5, 0.6) is 0 Å². The first-order valence-electron chi connectivity index (χ1n) is 6.81. The smallest absolute Gasteiger partial charge is 0.205 e. The molecular weight excluding hydrogens is 238 g/mol. The van der Waals surface area contributed by atoms with Gasteiger partial charge in [-0.1, -0.05) is 19.1 Å². The molecule has 4 nitrogen and oxygen atoms in total. The minimum Gasteiger partial charge on any atom is -0.389 e. The van der Waals surface area contributed by atoms with Gasteiger partial charge >= 0.3 is 0 Å². The molecule has 4 heteroatoms. The van der Waals surface area contributed by atoms with E-state index in [1.807, 2.05) is 26.0 Å². The van der Waals surface area contributed by atoms with E-state index in [0.717, 1.165) is 24.1 Å². The highest BCUT2D eigenvalue weighted by molar-refractivity contribution is 5.75. The van der Waals surface area contributed by atoms with Crippen LogP contribution in [0.1, 0.15) is 27.2 Å². The maximum absolute atomic E-state index is 10.1. The summed E-state index contributed by atoms with van der Waals surface area (Å²) in [5, 5.41) is 10.1. The Kier molecular flexibility index (Phi) is 3.80. The van der Waals surface area contributed by atoms with Gasteiger partial charge in [0.25, 0.3) is 0 Å². The summed E-state index contributed by atoms with van der Waals surface area (Å²) in [4.78, 5) is 4.43. The third kappa shape index (κ3) is 2.73. The molecule has 0 fully saturated rings. The molecule has 0 radical (unpaired) electrons. The molecule has 0 bridgehead atoms. The van der Waals surface area contributed by atoms with Crippen LogP contribution in [-0.4, -0.2) is 26.9 Å². The maximum Gasteiger partial charge on any atom is 0.205 e. The molecule has 0 aliphatic rings. The van der Waals surface area contributed by atoms with Crippen LogP contribution in [0.4, 0.5) is 0 Å². The predicted molar refractivity (Wildman–Crippen MR) is 78.0 cm³/mol. The molecule has 0 saturated carbocycles. The number of hydrogen-bond acceptors (Lipinski definition) is 2. The van der Waals surface area contributed by atoms with Crippen molar-refractivity contribution in [2.24, 2.45) is 4.99 Å². The minimum atomic E-state index is -0.759. The van der Waals surface area contributed by atoms with E-state index in [1.54, 1.807) is 7.05 Å². The minimum absolute atomic E-state index is 0.539. The van der Waals surface area contributed by atoms with Gasteiger partial charge in [-0.25, -0.2) is 0 Å². The second-order valence-electron chi connectivity index (χ2n) is 5.56. The average molecular weight is 261 g/mol. The first-order valence-corrected chi connectivity index (χ1v) is 6.81. The second kappa shape index (κ2) is 5.21. The Balaban J connectivity index is 2.74. The largest absolute Gasteiger partial charge is 0.389 e. The van der Waals surface area contributed by atoms with Gasteiger partial charge in [-0.3, -0.25) is 4.99 Å². The molecule has 2 rings (SSSR count). The van der Waals surface area contributed by atoms with Gasteiger partial charge in [0.1, 0.15) is 0 Å². The number of benzene rings is 1. The molecule has 1 N–H and O–H groups in total. The van der Waals surface area contributed by atoms with E-state index in [2.05, 4.69) is 33.2 Å². The van der Waals surface area contributed by atoms with Crippen LogP contribution in [0.2, 0.25) is 0 Å². The molecule has 1 aromatic heterocycles. The fraction of sp³-hybridized carbons (Fsp3) is 0.533. The number of aliphatic hydroxyl groups is 1. The van der Waals surface area contributed by atoms with Gasteiger partial charge in [0.2, 0.25) is 5.62 Å². The molecule has 0 amide bonds. The maximum atomic E-state index is 10.1. The zero-order valence-corrected chi connectivity index (χ0v) is 12.2. The number of aromatic nitrogens is 2. The zero-order valence-electron chi connectivity index (χ0n) is 12.2. The van der Waals surface area contributed by atoms with Gasteiger partial charge in [-0.15, -0.1) is 0 Å². The SMILES string of the molecule is CCCn1c(=NC)n(CC(C)(C)O)c2ccccc21. The standard InChI is InChI=1S/C15H23N3O/c1-5-10-17-12-8-6-7-9-13(12)18(14(17)16-4)11-15(2,3)19/h6-9,19H,5,10-11H2,1-4H3. The lowest BCUT2D eigenvalue weighted by atomic mass is 10.1. The summed E-state index contributed by atoms with van der Waals surface area (Å²) in [6.07, 6.45) is 1.06. The van der Waals surface area contributed by atoms with Crippen molar-refractivity contribution < 1.29 is 5.11 Å². The Morgan fingerprint density at radius 3 is 2.21 bits per heavy atom. The number of rotatable bonds is 4. The highest BCUT2D eigenvalue weighted by Crippen LogP contribution is 2.16. The first kappa shape index (κ1) is 13.9. The van der Waals surface area contributed by atoms with Crippen molar-refractivity contribution >= 4 is 11.0 Å². The first-order chi connectivity index (χ1) is 8.98. The van der Waals surface area contributed by atoms with E-state index in [1.165, 1.54) is 5.52 Å². The Labute approximate surface area is 114 Å². The van der Waals surface area contributed by atoms with Crippen LogP contribution in [0.3, 0.4) is 0 Å². The molecule has 1 heterocycles. The van der Waals surface area contributed by atoms with Crippen LogP contribution in [0, 0.1) is 0 Å². The number of fused-ring (bicyclic) bond motifs is 1. The van der Waals surface area contributed by atoms with Gasteiger partial charge in [-0.05, 0) is 32.4 Å². The van der Waals surface area contributed by atoms with Crippen molar-refractivity contribution in [3.8, 4) is 0 Å². The number of aryl methyl sites for hydroxylation is 1.